The number of guanidine groups is 1. The summed E-state index contributed by atoms with van der Waals surface area (Å²) in [6.07, 6.45) is 2.27. The van der Waals surface area contributed by atoms with Gasteiger partial charge < -0.3 is 10.6 Å². The Labute approximate surface area is 188 Å². The van der Waals surface area contributed by atoms with Crippen molar-refractivity contribution >= 4 is 40.0 Å². The van der Waals surface area contributed by atoms with Crippen molar-refractivity contribution in [2.24, 2.45) is 10.9 Å². The van der Waals surface area contributed by atoms with Crippen LogP contribution in [0.3, 0.4) is 0 Å². The van der Waals surface area contributed by atoms with Gasteiger partial charge in [0, 0.05) is 19.1 Å². The second kappa shape index (κ2) is 14.2. The maximum absolute atomic E-state index is 12.3. The van der Waals surface area contributed by atoms with E-state index in [0.717, 1.165) is 36.6 Å². The van der Waals surface area contributed by atoms with Crippen LogP contribution >= 0.6 is 24.0 Å². The first-order chi connectivity index (χ1) is 12.7. The molecule has 8 heteroatoms. The minimum Gasteiger partial charge on any atom is -0.357 e. The third kappa shape index (κ3) is 11.9. The maximum Gasteiger partial charge on any atom is 0.216 e. The van der Waals surface area contributed by atoms with Crippen molar-refractivity contribution in [1.29, 1.82) is 0 Å². The standard InChI is InChI=1S/C20H36N4O2S.HI/c1-6-21-20(22-13-9-10-16(2)3)23-14-18-11-7-8-12-19(18)15-27(25,26)24-17(4)5;/h7-8,11-12,16-17,24H,6,9-10,13-15H2,1-5H3,(H2,21,22,23);1H. The number of nitrogens with zero attached hydrogens (tertiary/aromatic N) is 1. The molecule has 0 aliphatic carbocycles. The monoisotopic (exact) mass is 524 g/mol. The second-order valence-electron chi connectivity index (χ2n) is 7.46. The van der Waals surface area contributed by atoms with Gasteiger partial charge in [-0.05, 0) is 50.7 Å². The van der Waals surface area contributed by atoms with E-state index < -0.39 is 10.0 Å². The highest BCUT2D eigenvalue weighted by molar-refractivity contribution is 14.0. The molecule has 0 aromatic heterocycles. The Morgan fingerprint density at radius 1 is 1.07 bits per heavy atom. The Balaban J connectivity index is 0.00000729. The normalized spacial score (nSPS) is 12.2. The number of rotatable bonds is 11. The zero-order valence-corrected chi connectivity index (χ0v) is 20.9. The maximum atomic E-state index is 12.3. The third-order valence-electron chi connectivity index (χ3n) is 3.88. The summed E-state index contributed by atoms with van der Waals surface area (Å²) < 4.78 is 27.2. The lowest BCUT2D eigenvalue weighted by Crippen LogP contribution is -2.37. The van der Waals surface area contributed by atoms with Crippen LogP contribution in [0.5, 0.6) is 0 Å². The first kappa shape index (κ1) is 27.1. The molecule has 0 radical (unpaired) electrons. The molecule has 1 rings (SSSR count). The predicted octanol–water partition coefficient (Wildman–Crippen LogP) is 3.62. The van der Waals surface area contributed by atoms with Gasteiger partial charge in [0.2, 0.25) is 10.0 Å². The van der Waals surface area contributed by atoms with Crippen LogP contribution in [0.25, 0.3) is 0 Å². The summed E-state index contributed by atoms with van der Waals surface area (Å²) in [5, 5.41) is 6.59. The molecule has 0 aliphatic rings. The van der Waals surface area contributed by atoms with E-state index in [1.165, 1.54) is 6.42 Å². The van der Waals surface area contributed by atoms with Crippen molar-refractivity contribution in [2.45, 2.75) is 65.8 Å². The van der Waals surface area contributed by atoms with Gasteiger partial charge in [0.15, 0.2) is 5.96 Å². The molecule has 6 nitrogen and oxygen atoms in total. The molecule has 3 N–H and O–H groups in total. The quantitative estimate of drug-likeness (QED) is 0.179. The van der Waals surface area contributed by atoms with Gasteiger partial charge >= 0.3 is 0 Å². The third-order valence-corrected chi connectivity index (χ3v) is 5.40. The smallest absolute Gasteiger partial charge is 0.216 e. The van der Waals surface area contributed by atoms with Gasteiger partial charge in [0.1, 0.15) is 0 Å². The molecule has 28 heavy (non-hydrogen) atoms. The highest BCUT2D eigenvalue weighted by Gasteiger charge is 2.15. The van der Waals surface area contributed by atoms with Crippen LogP contribution in [0.1, 0.15) is 58.6 Å². The van der Waals surface area contributed by atoms with E-state index in [0.29, 0.717) is 12.5 Å². The van der Waals surface area contributed by atoms with E-state index >= 15 is 0 Å². The largest absolute Gasteiger partial charge is 0.357 e. The van der Waals surface area contributed by atoms with Crippen molar-refractivity contribution in [1.82, 2.24) is 15.4 Å². The summed E-state index contributed by atoms with van der Waals surface area (Å²) in [5.41, 5.74) is 1.70. The van der Waals surface area contributed by atoms with E-state index in [2.05, 4.69) is 34.2 Å². The van der Waals surface area contributed by atoms with E-state index in [4.69, 9.17) is 0 Å². The van der Waals surface area contributed by atoms with Crippen LogP contribution in [-0.2, 0) is 22.3 Å². The van der Waals surface area contributed by atoms with Crippen molar-refractivity contribution in [3.63, 3.8) is 0 Å². The number of sulfonamides is 1. The average Bonchev–Trinajstić information content (AvgIpc) is 2.55. The van der Waals surface area contributed by atoms with Gasteiger partial charge in [-0.15, -0.1) is 24.0 Å². The molecule has 0 heterocycles. The molecular weight excluding hydrogens is 487 g/mol. The molecule has 0 saturated carbocycles. The fourth-order valence-corrected chi connectivity index (χ4v) is 4.17. The fourth-order valence-electron chi connectivity index (χ4n) is 2.68. The van der Waals surface area contributed by atoms with Crippen LogP contribution in [0.4, 0.5) is 0 Å². The summed E-state index contributed by atoms with van der Waals surface area (Å²) in [4.78, 5) is 4.63. The van der Waals surface area contributed by atoms with E-state index in [1.807, 2.05) is 45.0 Å². The zero-order valence-electron chi connectivity index (χ0n) is 17.8. The number of nitrogens with one attached hydrogen (secondary N) is 3. The molecule has 0 fully saturated rings. The van der Waals surface area contributed by atoms with Gasteiger partial charge in [-0.3, -0.25) is 0 Å². The SMILES string of the molecule is CCNC(=NCc1ccccc1CS(=O)(=O)NC(C)C)NCCCC(C)C.I. The highest BCUT2D eigenvalue weighted by Crippen LogP contribution is 2.13. The van der Waals surface area contributed by atoms with Gasteiger partial charge in [0.25, 0.3) is 0 Å². The Morgan fingerprint density at radius 3 is 2.29 bits per heavy atom. The van der Waals surface area contributed by atoms with Gasteiger partial charge in [0.05, 0.1) is 12.3 Å². The summed E-state index contributed by atoms with van der Waals surface area (Å²) in [5.74, 6) is 1.42. The molecule has 0 spiro atoms. The highest BCUT2D eigenvalue weighted by atomic mass is 127. The van der Waals surface area contributed by atoms with Crippen molar-refractivity contribution < 1.29 is 8.42 Å². The minimum atomic E-state index is -3.36. The number of halogens is 1. The summed E-state index contributed by atoms with van der Waals surface area (Å²) in [6, 6.07) is 7.46. The summed E-state index contributed by atoms with van der Waals surface area (Å²) in [7, 11) is -3.36. The zero-order chi connectivity index (χ0) is 20.3. The molecule has 0 unspecified atom stereocenters. The van der Waals surface area contributed by atoms with Crippen LogP contribution in [0, 0.1) is 5.92 Å². The first-order valence-corrected chi connectivity index (χ1v) is 11.5. The summed E-state index contributed by atoms with van der Waals surface area (Å²) >= 11 is 0. The molecule has 0 atom stereocenters. The van der Waals surface area contributed by atoms with Crippen LogP contribution < -0.4 is 15.4 Å². The van der Waals surface area contributed by atoms with E-state index in [1.54, 1.807) is 0 Å². The lowest BCUT2D eigenvalue weighted by atomic mass is 10.1. The number of benzene rings is 1. The molecule has 1 aromatic carbocycles. The predicted molar refractivity (Wildman–Crippen MR) is 130 cm³/mol. The van der Waals surface area contributed by atoms with Gasteiger partial charge in [-0.1, -0.05) is 38.1 Å². The number of hydrogen-bond donors (Lipinski definition) is 3. The van der Waals surface area contributed by atoms with E-state index in [-0.39, 0.29) is 35.8 Å². The molecule has 0 saturated heterocycles. The Hall–Kier alpha value is -0.870. The van der Waals surface area contributed by atoms with Crippen molar-refractivity contribution in [2.75, 3.05) is 13.1 Å². The lowest BCUT2D eigenvalue weighted by Gasteiger charge is -2.14. The molecule has 1 aromatic rings. The van der Waals surface area contributed by atoms with E-state index in [9.17, 15) is 8.42 Å². The van der Waals surface area contributed by atoms with Crippen molar-refractivity contribution in [3.8, 4) is 0 Å². The van der Waals surface area contributed by atoms with Crippen LogP contribution in [0.15, 0.2) is 29.3 Å². The van der Waals surface area contributed by atoms with Gasteiger partial charge in [-0.25, -0.2) is 18.1 Å². The lowest BCUT2D eigenvalue weighted by molar-refractivity contribution is 0.549. The first-order valence-electron chi connectivity index (χ1n) is 9.82. The minimum absolute atomic E-state index is 0. The number of aliphatic imine (C=N–C) groups is 1. The van der Waals surface area contributed by atoms with Crippen LogP contribution in [0.2, 0.25) is 0 Å². The molecule has 0 bridgehead atoms. The topological polar surface area (TPSA) is 82.6 Å². The second-order valence-corrected chi connectivity index (χ2v) is 9.21. The average molecular weight is 525 g/mol. The van der Waals surface area contributed by atoms with Crippen molar-refractivity contribution in [3.05, 3.63) is 35.4 Å². The Morgan fingerprint density at radius 2 is 1.71 bits per heavy atom. The molecule has 162 valence electrons. The molecular formula is C20H37IN4O2S. The Bertz CT molecular complexity index is 691. The molecule has 0 amide bonds. The Kier molecular flexibility index (Phi) is 13.7. The van der Waals surface area contributed by atoms with Gasteiger partial charge in [-0.2, -0.15) is 0 Å². The fraction of sp³-hybridized carbons (Fsp3) is 0.650. The number of hydrogen-bond acceptors (Lipinski definition) is 3. The van der Waals surface area contributed by atoms with Crippen LogP contribution in [-0.4, -0.2) is 33.5 Å². The summed E-state index contributed by atoms with van der Waals surface area (Å²) in [6.45, 7) is 12.2. The molecule has 0 aliphatic heterocycles.